The van der Waals surface area contributed by atoms with E-state index in [9.17, 15) is 75.7 Å². The molecule has 1 heterocycles. The highest BCUT2D eigenvalue weighted by Crippen LogP contribution is 2.41. The van der Waals surface area contributed by atoms with Gasteiger partial charge in [-0.2, -0.15) is 0 Å². The zero-order valence-electron chi connectivity index (χ0n) is 58.5. The lowest BCUT2D eigenvalue weighted by molar-refractivity contribution is -0.137. The molecule has 0 aliphatic rings. The predicted molar refractivity (Wildman–Crippen MR) is 421 cm³/mol. The van der Waals surface area contributed by atoms with Crippen molar-refractivity contribution in [3.8, 4) is 80.5 Å². The summed E-state index contributed by atoms with van der Waals surface area (Å²) in [6.07, 6.45) is 12.2. The van der Waals surface area contributed by atoms with Crippen LogP contribution < -0.4 is 0 Å². The fourth-order valence-electron chi connectivity index (χ4n) is 8.41. The maximum absolute atomic E-state index is 10.7. The lowest BCUT2D eigenvalue weighted by atomic mass is 10.1. The highest BCUT2D eigenvalue weighted by atomic mass is 32.2. The van der Waals surface area contributed by atoms with Gasteiger partial charge in [0.1, 0.15) is 80.5 Å². The summed E-state index contributed by atoms with van der Waals surface area (Å²) in [7, 11) is 0. The van der Waals surface area contributed by atoms with Crippen molar-refractivity contribution < 1.29 is 121 Å². The van der Waals surface area contributed by atoms with Crippen molar-refractivity contribution in [3.63, 3.8) is 0 Å². The Morgan fingerprint density at radius 1 is 0.393 bits per heavy atom. The molecule has 1 unspecified atom stereocenters. The quantitative estimate of drug-likeness (QED) is 0.00971. The van der Waals surface area contributed by atoms with Crippen molar-refractivity contribution in [2.45, 2.75) is 142 Å². The van der Waals surface area contributed by atoms with Gasteiger partial charge in [0.25, 0.3) is 0 Å². The molecule has 33 heteroatoms. The van der Waals surface area contributed by atoms with E-state index in [4.69, 9.17) is 45.6 Å². The topological polar surface area (TPSA) is 478 Å². The van der Waals surface area contributed by atoms with Crippen LogP contribution in [-0.4, -0.2) is 192 Å². The zero-order valence-corrected chi connectivity index (χ0v) is 65.0. The number of aliphatic hydroxyl groups excluding tert-OH is 3. The molecule has 0 saturated carbocycles. The number of aromatic nitrogens is 1. The van der Waals surface area contributed by atoms with E-state index in [1.165, 1.54) is 199 Å². The second kappa shape index (κ2) is 53.8. The van der Waals surface area contributed by atoms with Gasteiger partial charge in [-0.3, -0.25) is 14.4 Å². The third kappa shape index (κ3) is 41.8. The number of hydrogen-bond donors (Lipinski definition) is 20. The van der Waals surface area contributed by atoms with Crippen LogP contribution in [-0.2, 0) is 25.5 Å². The first-order valence-corrected chi connectivity index (χ1v) is 40.8. The van der Waals surface area contributed by atoms with Crippen LogP contribution in [0, 0.1) is 6.92 Å². The molecular formula is C74H93NO24S8. The molecule has 0 amide bonds. The van der Waals surface area contributed by atoms with Crippen molar-refractivity contribution in [1.29, 1.82) is 0 Å². The number of rotatable bonds is 38. The number of aliphatic hydroxyl groups is 3. The number of aromatic hydroxyl groups is 14. The first-order chi connectivity index (χ1) is 51.1. The van der Waals surface area contributed by atoms with E-state index in [2.05, 4.69) is 4.98 Å². The van der Waals surface area contributed by atoms with Crippen molar-refractivity contribution in [2.75, 3.05) is 60.9 Å². The van der Waals surface area contributed by atoms with Crippen LogP contribution in [0.1, 0.15) is 94.0 Å². The van der Waals surface area contributed by atoms with Gasteiger partial charge >= 0.3 is 17.9 Å². The molecule has 586 valence electrons. The number of carbonyl (C=O) groups is 3. The second-order valence-corrected chi connectivity index (χ2v) is 31.7. The Kier molecular flexibility index (Phi) is 46.9. The van der Waals surface area contributed by atoms with E-state index in [1.807, 2.05) is 0 Å². The Balaban J connectivity index is 0.000000337. The SMILES string of the molecule is Cc1nc(Sc2cc(O)ccc2O)sc1CC(=O)O.O=C(O)CCCCCCCCCCSc1cc(O)ccc1O.O=C(O)CSc1cc(O)ccc1O.OCC(O)CSc1cc(O)ccc1O.OCCCCCCSc1cc(O)ccc1O.Oc1ccc(O)c(SCCOCCSc2cc(O)ccc2O)c1. The van der Waals surface area contributed by atoms with Crippen LogP contribution in [0.2, 0.25) is 0 Å². The fourth-order valence-corrected chi connectivity index (χ4v) is 15.9. The molecule has 25 nitrogen and oxygen atoms in total. The molecule has 0 spiro atoms. The number of nitrogens with zero attached hydrogens (tertiary/aromatic N) is 1. The molecule has 0 saturated heterocycles. The summed E-state index contributed by atoms with van der Waals surface area (Å²) in [5, 5.41) is 183. The highest BCUT2D eigenvalue weighted by molar-refractivity contribution is 8.01. The molecule has 0 radical (unpaired) electrons. The lowest BCUT2D eigenvalue weighted by Crippen LogP contribution is -2.14. The van der Waals surface area contributed by atoms with E-state index < -0.39 is 24.0 Å². The summed E-state index contributed by atoms with van der Waals surface area (Å²) in [4.78, 5) is 40.2. The number of benzene rings is 7. The molecule has 0 bridgehead atoms. The Hall–Kier alpha value is -7.93. The normalized spacial score (nSPS) is 10.8. The van der Waals surface area contributed by atoms with Crippen LogP contribution in [0.25, 0.3) is 0 Å². The summed E-state index contributed by atoms with van der Waals surface area (Å²) in [5.41, 5.74) is 0.676. The minimum Gasteiger partial charge on any atom is -0.508 e. The number of thioether (sulfide) groups is 6. The molecule has 0 aliphatic carbocycles. The number of unbranched alkanes of at least 4 members (excludes halogenated alkanes) is 10. The first-order valence-electron chi connectivity index (χ1n) is 33.2. The van der Waals surface area contributed by atoms with E-state index in [-0.39, 0.29) is 112 Å². The van der Waals surface area contributed by atoms with E-state index in [1.54, 1.807) is 42.6 Å². The lowest BCUT2D eigenvalue weighted by Gasteiger charge is -2.07. The Labute approximate surface area is 654 Å². The number of hydrogen-bond acceptors (Lipinski definition) is 30. The zero-order chi connectivity index (χ0) is 79.1. The molecule has 1 atom stereocenters. The summed E-state index contributed by atoms with van der Waals surface area (Å²) in [5.74, 6) is 2.26. The Morgan fingerprint density at radius 2 is 0.710 bits per heavy atom. The maximum atomic E-state index is 10.7. The molecule has 1 aromatic heterocycles. The van der Waals surface area contributed by atoms with Crippen LogP contribution in [0.3, 0.4) is 0 Å². The van der Waals surface area contributed by atoms with Crippen molar-refractivity contribution >= 4 is 112 Å². The number of thiazole rings is 1. The van der Waals surface area contributed by atoms with Crippen LogP contribution in [0.15, 0.2) is 166 Å². The van der Waals surface area contributed by atoms with Crippen LogP contribution >= 0.6 is 93.7 Å². The van der Waals surface area contributed by atoms with Gasteiger partial charge in [0, 0.05) is 35.2 Å². The minimum atomic E-state index is -0.965. The summed E-state index contributed by atoms with van der Waals surface area (Å²) >= 11 is 10.5. The van der Waals surface area contributed by atoms with Crippen molar-refractivity contribution in [3.05, 3.63) is 138 Å². The van der Waals surface area contributed by atoms with Crippen molar-refractivity contribution in [1.82, 2.24) is 4.98 Å². The maximum Gasteiger partial charge on any atom is 0.313 e. The van der Waals surface area contributed by atoms with E-state index in [0.29, 0.717) is 70.5 Å². The molecule has 0 fully saturated rings. The molecule has 0 aliphatic heterocycles. The number of carboxylic acids is 3. The largest absolute Gasteiger partial charge is 0.508 e. The minimum absolute atomic E-state index is 0.00527. The predicted octanol–water partition coefficient (Wildman–Crippen LogP) is 15.4. The smallest absolute Gasteiger partial charge is 0.313 e. The van der Waals surface area contributed by atoms with Gasteiger partial charge in [-0.25, -0.2) is 4.98 Å². The molecule has 7 aromatic carbocycles. The van der Waals surface area contributed by atoms with Crippen LogP contribution in [0.4, 0.5) is 0 Å². The van der Waals surface area contributed by atoms with Crippen molar-refractivity contribution in [2.24, 2.45) is 0 Å². The first kappa shape index (κ1) is 93.3. The second-order valence-electron chi connectivity index (χ2n) is 22.7. The average Bonchev–Trinajstić information content (AvgIpc) is 1.74. The summed E-state index contributed by atoms with van der Waals surface area (Å²) < 4.78 is 6.12. The van der Waals surface area contributed by atoms with Gasteiger partial charge in [0.15, 0.2) is 4.34 Å². The number of phenolic OH excluding ortho intramolecular Hbond substituents is 14. The number of aryl methyl sites for hydroxylation is 1. The van der Waals surface area contributed by atoms with E-state index >= 15 is 0 Å². The average molecular weight is 1640 g/mol. The van der Waals surface area contributed by atoms with Gasteiger partial charge in [-0.15, -0.1) is 81.9 Å². The molecule has 107 heavy (non-hydrogen) atoms. The highest BCUT2D eigenvalue weighted by Gasteiger charge is 2.15. The van der Waals surface area contributed by atoms with Gasteiger partial charge < -0.3 is 107 Å². The standard InChI is InChI=1S/C17H26O4S.C16H18O5S2.C12H11NO4S2.C12H18O3S.C9H12O4S.C8H8O4S/c18-14-10-11-15(19)16(13-14)22-12-8-6-4-2-1-3-5-7-9-17(20)21;17-11-1-3-13(19)15(9-11)22-7-5-21-6-8-23-16-10-12(18)2-4-14(16)20;1-6-9(5-11(16)17)18-12(13-6)19-10-4-7(14)2-3-8(10)15;13-7-3-1-2-4-8-16-12-9-10(14)5-6-11(12)15;10-4-7(12)5-14-9-3-6(11)1-2-8(9)13;9-5-1-2-6(10)7(3-5)13-4-8(11)12/h10-11,13,18-19H,1-9,12H2,(H,20,21);1-4,9-10,17-20H,5-8H2;2-4,14-15H,5H2,1H3,(H,16,17);5-6,9,13-15H,1-4,7-8H2;1-3,7,10-13H,4-5H2;1-3,9-10H,4H2,(H,11,12). The van der Waals surface area contributed by atoms with Gasteiger partial charge in [-0.1, -0.05) is 63.1 Å². The number of aliphatic carboxylic acids is 3. The summed E-state index contributed by atoms with van der Waals surface area (Å²) in [6.45, 7) is 2.72. The number of carboxylic acid groups (broad SMARTS) is 3. The van der Waals surface area contributed by atoms with Crippen LogP contribution in [0.5, 0.6) is 80.5 Å². The Bertz CT molecular complexity index is 3870. The van der Waals surface area contributed by atoms with Gasteiger partial charge in [0.05, 0.1) is 78.1 Å². The third-order valence-corrected chi connectivity index (χ3v) is 22.6. The monoisotopic (exact) mass is 1640 g/mol. The van der Waals surface area contributed by atoms with Gasteiger partial charge in [0.2, 0.25) is 0 Å². The fraction of sp³-hybridized carbons (Fsp3) is 0.351. The van der Waals surface area contributed by atoms with E-state index in [0.717, 1.165) is 84.4 Å². The van der Waals surface area contributed by atoms with Gasteiger partial charge in [-0.05, 0) is 172 Å². The number of phenols is 14. The number of ether oxygens (including phenoxy) is 1. The molecular weight excluding hydrogens is 1540 g/mol. The molecule has 8 rings (SSSR count). The Morgan fingerprint density at radius 3 is 1.06 bits per heavy atom. The molecule has 8 aromatic rings. The third-order valence-electron chi connectivity index (χ3n) is 13.8. The summed E-state index contributed by atoms with van der Waals surface area (Å²) in [6, 6.07) is 30.3. The molecule has 20 N–H and O–H groups in total.